The van der Waals surface area contributed by atoms with Crippen molar-refractivity contribution in [2.75, 3.05) is 9.80 Å². The topological polar surface area (TPSA) is 70.1 Å². The van der Waals surface area contributed by atoms with E-state index in [2.05, 4.69) is 31.9 Å². The summed E-state index contributed by atoms with van der Waals surface area (Å²) in [4.78, 5) is 29.3. The molecule has 1 aliphatic carbocycles. The number of rotatable bonds is 5. The fourth-order valence-corrected chi connectivity index (χ4v) is 4.47. The van der Waals surface area contributed by atoms with Gasteiger partial charge in [0.05, 0.1) is 16.8 Å². The van der Waals surface area contributed by atoms with Gasteiger partial charge in [0.2, 0.25) is 0 Å². The van der Waals surface area contributed by atoms with Gasteiger partial charge in [0, 0.05) is 20.2 Å². The summed E-state index contributed by atoms with van der Waals surface area (Å²) < 4.78 is 7.37. The van der Waals surface area contributed by atoms with E-state index in [1.54, 1.807) is 60.7 Å². The largest absolute Gasteiger partial charge is 0.489 e. The molecule has 33 heavy (non-hydrogen) atoms. The molecule has 2 fully saturated rings. The quantitative estimate of drug-likeness (QED) is 0.357. The number of anilines is 2. The van der Waals surface area contributed by atoms with E-state index in [-0.39, 0.29) is 16.7 Å². The average molecular weight is 593 g/mol. The van der Waals surface area contributed by atoms with Gasteiger partial charge in [0.1, 0.15) is 5.75 Å². The van der Waals surface area contributed by atoms with Gasteiger partial charge < -0.3 is 9.84 Å². The van der Waals surface area contributed by atoms with E-state index in [4.69, 9.17) is 16.3 Å². The highest BCUT2D eigenvalue weighted by molar-refractivity contribution is 9.10. The number of hydrogen-bond donors (Lipinski definition) is 1. The molecule has 1 unspecified atom stereocenters. The molecule has 1 saturated carbocycles. The second-order valence-corrected chi connectivity index (χ2v) is 10.1. The number of ether oxygens (including phenoxy) is 1. The van der Waals surface area contributed by atoms with Crippen LogP contribution in [0.5, 0.6) is 5.75 Å². The molecule has 2 aliphatic rings. The van der Waals surface area contributed by atoms with E-state index in [0.29, 0.717) is 17.1 Å². The standard InChI is InChI=1S/C24H17Br2ClN2O4/c25-15-2-6-17(7-3-15)28-22(30)24(32,29(23(28)31)18-8-4-16(26)5-9-18)14-1-12-21(20(27)13-14)33-19-10-11-19/h1-9,12-13,19,32H,10-11H2. The van der Waals surface area contributed by atoms with Crippen LogP contribution in [0.3, 0.4) is 0 Å². The van der Waals surface area contributed by atoms with Crippen LogP contribution >= 0.6 is 43.5 Å². The van der Waals surface area contributed by atoms with Gasteiger partial charge >= 0.3 is 6.03 Å². The number of hydrogen-bond acceptors (Lipinski definition) is 4. The molecule has 1 atom stereocenters. The van der Waals surface area contributed by atoms with E-state index in [0.717, 1.165) is 31.6 Å². The van der Waals surface area contributed by atoms with Crippen molar-refractivity contribution < 1.29 is 19.4 Å². The molecule has 1 heterocycles. The summed E-state index contributed by atoms with van der Waals surface area (Å²) in [5, 5.41) is 12.1. The number of benzene rings is 3. The number of carbonyl (C=O) groups is 2. The summed E-state index contributed by atoms with van der Waals surface area (Å²) in [6.45, 7) is 0. The Morgan fingerprint density at radius 3 is 2.03 bits per heavy atom. The molecular weight excluding hydrogens is 576 g/mol. The number of imide groups is 1. The first-order valence-electron chi connectivity index (χ1n) is 10.2. The number of urea groups is 1. The molecule has 0 aromatic heterocycles. The Morgan fingerprint density at radius 2 is 1.48 bits per heavy atom. The maximum absolute atomic E-state index is 13.7. The summed E-state index contributed by atoms with van der Waals surface area (Å²) in [5.41, 5.74) is -1.45. The first kappa shape index (κ1) is 22.4. The zero-order valence-corrected chi connectivity index (χ0v) is 21.0. The van der Waals surface area contributed by atoms with E-state index >= 15 is 0 Å². The SMILES string of the molecule is O=C1N(c2ccc(Br)cc2)C(=O)C(O)(c2ccc(OC3CC3)c(Cl)c2)N1c1ccc(Br)cc1. The van der Waals surface area contributed by atoms with E-state index in [9.17, 15) is 14.7 Å². The molecule has 5 rings (SSSR count). The zero-order chi connectivity index (χ0) is 23.3. The minimum Gasteiger partial charge on any atom is -0.489 e. The highest BCUT2D eigenvalue weighted by Gasteiger charge is 2.59. The van der Waals surface area contributed by atoms with Crippen LogP contribution in [0.1, 0.15) is 18.4 Å². The van der Waals surface area contributed by atoms with Crippen LogP contribution in [-0.2, 0) is 10.5 Å². The second kappa shape index (κ2) is 8.43. The Morgan fingerprint density at radius 1 is 0.909 bits per heavy atom. The molecule has 1 N–H and O–H groups in total. The lowest BCUT2D eigenvalue weighted by Gasteiger charge is -2.30. The van der Waals surface area contributed by atoms with Crippen LogP contribution in [0.2, 0.25) is 5.02 Å². The third-order valence-electron chi connectivity index (χ3n) is 5.53. The first-order valence-corrected chi connectivity index (χ1v) is 12.1. The number of amides is 3. The predicted molar refractivity (Wildman–Crippen MR) is 133 cm³/mol. The maximum atomic E-state index is 13.7. The van der Waals surface area contributed by atoms with Crippen molar-refractivity contribution in [3.05, 3.63) is 86.3 Å². The normalized spacial score (nSPS) is 20.5. The van der Waals surface area contributed by atoms with E-state index < -0.39 is 17.7 Å². The monoisotopic (exact) mass is 590 g/mol. The Kier molecular flexibility index (Phi) is 5.73. The molecule has 3 amide bonds. The van der Waals surface area contributed by atoms with Gasteiger partial charge in [-0.15, -0.1) is 0 Å². The van der Waals surface area contributed by atoms with Crippen LogP contribution < -0.4 is 14.5 Å². The fraction of sp³-hybridized carbons (Fsp3) is 0.167. The molecule has 0 radical (unpaired) electrons. The van der Waals surface area contributed by atoms with Crippen molar-refractivity contribution in [1.29, 1.82) is 0 Å². The summed E-state index contributed by atoms with van der Waals surface area (Å²) >= 11 is 13.2. The Labute approximate surface area is 212 Å². The lowest BCUT2D eigenvalue weighted by Crippen LogP contribution is -2.47. The van der Waals surface area contributed by atoms with Gasteiger partial charge in [-0.25, -0.2) is 9.69 Å². The van der Waals surface area contributed by atoms with Crippen molar-refractivity contribution in [3.63, 3.8) is 0 Å². The van der Waals surface area contributed by atoms with Gasteiger partial charge in [-0.3, -0.25) is 9.69 Å². The Hall–Kier alpha value is -2.39. The minimum absolute atomic E-state index is 0.137. The summed E-state index contributed by atoms with van der Waals surface area (Å²) in [5.74, 6) is -0.326. The molecule has 0 bridgehead atoms. The molecular formula is C24H17Br2ClN2O4. The van der Waals surface area contributed by atoms with Gasteiger partial charge in [-0.05, 0) is 79.6 Å². The van der Waals surface area contributed by atoms with Crippen LogP contribution in [-0.4, -0.2) is 23.1 Å². The molecule has 3 aromatic carbocycles. The summed E-state index contributed by atoms with van der Waals surface area (Å²) in [6, 6.07) is 17.4. The molecule has 1 aliphatic heterocycles. The average Bonchev–Trinajstić information content (AvgIpc) is 3.59. The fourth-order valence-electron chi connectivity index (χ4n) is 3.71. The highest BCUT2D eigenvalue weighted by Crippen LogP contribution is 2.43. The second-order valence-electron chi connectivity index (χ2n) is 7.85. The third-order valence-corrected chi connectivity index (χ3v) is 6.88. The lowest BCUT2D eigenvalue weighted by molar-refractivity contribution is -0.133. The lowest BCUT2D eigenvalue weighted by atomic mass is 10.00. The number of carbonyl (C=O) groups excluding carboxylic acids is 2. The van der Waals surface area contributed by atoms with Crippen molar-refractivity contribution in [2.24, 2.45) is 0 Å². The molecule has 9 heteroatoms. The molecule has 1 saturated heterocycles. The predicted octanol–water partition coefficient (Wildman–Crippen LogP) is 6.22. The number of aliphatic hydroxyl groups is 1. The molecule has 3 aromatic rings. The number of halogens is 3. The van der Waals surface area contributed by atoms with Gasteiger partial charge in [0.15, 0.2) is 0 Å². The van der Waals surface area contributed by atoms with Crippen molar-refractivity contribution in [1.82, 2.24) is 0 Å². The van der Waals surface area contributed by atoms with Gasteiger partial charge in [0.25, 0.3) is 11.6 Å². The van der Waals surface area contributed by atoms with Crippen molar-refractivity contribution in [2.45, 2.75) is 24.7 Å². The molecule has 6 nitrogen and oxygen atoms in total. The first-order chi connectivity index (χ1) is 15.8. The van der Waals surface area contributed by atoms with E-state index in [1.807, 2.05) is 0 Å². The zero-order valence-electron chi connectivity index (χ0n) is 17.0. The van der Waals surface area contributed by atoms with E-state index in [1.165, 1.54) is 6.07 Å². The minimum atomic E-state index is -2.31. The third kappa shape index (κ3) is 3.95. The van der Waals surface area contributed by atoms with Gasteiger partial charge in [-0.1, -0.05) is 43.5 Å². The van der Waals surface area contributed by atoms with Crippen LogP contribution in [0.15, 0.2) is 75.7 Å². The van der Waals surface area contributed by atoms with Crippen LogP contribution in [0.25, 0.3) is 0 Å². The van der Waals surface area contributed by atoms with Crippen molar-refractivity contribution in [3.8, 4) is 5.75 Å². The molecule has 0 spiro atoms. The van der Waals surface area contributed by atoms with Crippen molar-refractivity contribution >= 4 is 66.8 Å². The maximum Gasteiger partial charge on any atom is 0.339 e. The molecule has 168 valence electrons. The smallest absolute Gasteiger partial charge is 0.339 e. The highest BCUT2D eigenvalue weighted by atomic mass is 79.9. The Balaban J connectivity index is 1.63. The number of nitrogens with zero attached hydrogens (tertiary/aromatic N) is 2. The Bertz CT molecular complexity index is 1250. The van der Waals surface area contributed by atoms with Crippen LogP contribution in [0, 0.1) is 0 Å². The summed E-state index contributed by atoms with van der Waals surface area (Å²) in [7, 11) is 0. The van der Waals surface area contributed by atoms with Crippen LogP contribution in [0.4, 0.5) is 16.2 Å². The van der Waals surface area contributed by atoms with Gasteiger partial charge in [-0.2, -0.15) is 0 Å². The summed E-state index contributed by atoms with van der Waals surface area (Å²) in [6.07, 6.45) is 2.07.